The van der Waals surface area contributed by atoms with Crippen molar-refractivity contribution in [2.75, 3.05) is 5.32 Å². The second-order valence-corrected chi connectivity index (χ2v) is 4.07. The number of halogens is 2. The first-order chi connectivity index (χ1) is 8.58. The Labute approximate surface area is 104 Å². The highest BCUT2D eigenvalue weighted by atomic mass is 32.1. The fourth-order valence-corrected chi connectivity index (χ4v) is 1.94. The minimum Gasteiger partial charge on any atom is -0.433 e. The average Bonchev–Trinajstić information content (AvgIpc) is 2.88. The van der Waals surface area contributed by atoms with Gasteiger partial charge in [0.2, 0.25) is 5.95 Å². The maximum absolute atomic E-state index is 12.1. The van der Waals surface area contributed by atoms with Gasteiger partial charge < -0.3 is 4.74 Å². The monoisotopic (exact) mass is 274 g/mol. The van der Waals surface area contributed by atoms with Gasteiger partial charge in [-0.05, 0) is 11.4 Å². The van der Waals surface area contributed by atoms with Crippen LogP contribution in [0.1, 0.15) is 9.67 Å². The minimum atomic E-state index is -2.97. The summed E-state index contributed by atoms with van der Waals surface area (Å²) in [7, 11) is 1.59. The lowest BCUT2D eigenvalue weighted by Crippen LogP contribution is -2.15. The van der Waals surface area contributed by atoms with Crippen LogP contribution in [-0.2, 0) is 7.05 Å². The largest absolute Gasteiger partial charge is 0.433 e. The third-order valence-electron chi connectivity index (χ3n) is 1.99. The molecular weight excluding hydrogens is 266 g/mol. The normalized spacial score (nSPS) is 10.7. The first kappa shape index (κ1) is 12.4. The molecule has 0 atom stereocenters. The highest BCUT2D eigenvalue weighted by Gasteiger charge is 2.18. The van der Waals surface area contributed by atoms with Crippen LogP contribution in [0.3, 0.4) is 0 Å². The van der Waals surface area contributed by atoms with E-state index in [0.29, 0.717) is 0 Å². The number of nitrogens with one attached hydrogen (secondary N) is 1. The number of rotatable bonds is 4. The summed E-state index contributed by atoms with van der Waals surface area (Å²) in [6, 6.07) is 1.31. The smallest absolute Gasteiger partial charge is 0.387 e. The van der Waals surface area contributed by atoms with Crippen LogP contribution in [0.2, 0.25) is 0 Å². The molecule has 0 aliphatic rings. The maximum Gasteiger partial charge on any atom is 0.387 e. The number of carbonyl (C=O) groups excluding carboxylic acids is 1. The quantitative estimate of drug-likeness (QED) is 0.921. The van der Waals surface area contributed by atoms with Crippen LogP contribution in [0.5, 0.6) is 5.75 Å². The number of anilines is 1. The standard InChI is InChI=1S/C9H8F2N4O2S/c1-15-9(12-4-13-15)14-7(16)6-5(2-3-18-6)17-8(10)11/h2-4,8H,1H3,(H,12,13,14,16). The Kier molecular flexibility index (Phi) is 3.51. The molecule has 0 aliphatic carbocycles. The summed E-state index contributed by atoms with van der Waals surface area (Å²) >= 11 is 1.000. The van der Waals surface area contributed by atoms with E-state index in [9.17, 15) is 13.6 Å². The Morgan fingerprint density at radius 1 is 1.61 bits per heavy atom. The molecule has 9 heteroatoms. The SMILES string of the molecule is Cn1ncnc1NC(=O)c1sccc1OC(F)F. The van der Waals surface area contributed by atoms with Crippen molar-refractivity contribution in [2.24, 2.45) is 7.05 Å². The molecule has 0 saturated carbocycles. The number of aryl methyl sites for hydroxylation is 1. The average molecular weight is 274 g/mol. The van der Waals surface area contributed by atoms with Gasteiger partial charge in [0.05, 0.1) is 0 Å². The summed E-state index contributed by atoms with van der Waals surface area (Å²) in [6.45, 7) is -2.97. The van der Waals surface area contributed by atoms with Gasteiger partial charge in [-0.3, -0.25) is 10.1 Å². The van der Waals surface area contributed by atoms with Gasteiger partial charge in [-0.15, -0.1) is 11.3 Å². The van der Waals surface area contributed by atoms with Gasteiger partial charge >= 0.3 is 6.61 Å². The lowest BCUT2D eigenvalue weighted by atomic mass is 10.4. The Bertz CT molecular complexity index is 554. The predicted octanol–water partition coefficient (Wildman–Crippen LogP) is 1.73. The van der Waals surface area contributed by atoms with E-state index in [-0.39, 0.29) is 16.6 Å². The van der Waals surface area contributed by atoms with E-state index in [1.54, 1.807) is 7.05 Å². The van der Waals surface area contributed by atoms with Crippen molar-refractivity contribution in [2.45, 2.75) is 6.61 Å². The van der Waals surface area contributed by atoms with Crippen LogP contribution < -0.4 is 10.1 Å². The molecule has 2 aromatic rings. The van der Waals surface area contributed by atoms with E-state index in [4.69, 9.17) is 0 Å². The van der Waals surface area contributed by atoms with Crippen molar-refractivity contribution in [1.82, 2.24) is 14.8 Å². The molecule has 0 aliphatic heterocycles. The number of amides is 1. The van der Waals surface area contributed by atoms with Crippen molar-refractivity contribution in [3.63, 3.8) is 0 Å². The Hall–Kier alpha value is -2.03. The molecule has 0 radical (unpaired) electrons. The lowest BCUT2D eigenvalue weighted by Gasteiger charge is -2.06. The summed E-state index contributed by atoms with van der Waals surface area (Å²) in [5.41, 5.74) is 0. The molecule has 1 N–H and O–H groups in total. The van der Waals surface area contributed by atoms with Crippen molar-refractivity contribution in [3.8, 4) is 5.75 Å². The summed E-state index contributed by atoms with van der Waals surface area (Å²) in [5.74, 6) is -0.511. The molecule has 18 heavy (non-hydrogen) atoms. The molecule has 0 spiro atoms. The fourth-order valence-electron chi connectivity index (χ4n) is 1.22. The number of aromatic nitrogens is 3. The summed E-state index contributed by atoms with van der Waals surface area (Å²) in [6.07, 6.45) is 1.26. The van der Waals surface area contributed by atoms with Crippen LogP contribution in [-0.4, -0.2) is 27.3 Å². The molecule has 2 heterocycles. The molecule has 0 saturated heterocycles. The van der Waals surface area contributed by atoms with E-state index in [2.05, 4.69) is 20.1 Å². The number of nitrogens with zero attached hydrogens (tertiary/aromatic N) is 3. The van der Waals surface area contributed by atoms with Crippen molar-refractivity contribution in [1.29, 1.82) is 0 Å². The summed E-state index contributed by atoms with van der Waals surface area (Å²) < 4.78 is 29.8. The molecular formula is C9H8F2N4O2S. The highest BCUT2D eigenvalue weighted by molar-refractivity contribution is 7.12. The molecule has 0 fully saturated rings. The Balaban J connectivity index is 2.14. The highest BCUT2D eigenvalue weighted by Crippen LogP contribution is 2.27. The number of alkyl halides is 2. The number of thiophene rings is 1. The van der Waals surface area contributed by atoms with Gasteiger partial charge in [-0.2, -0.15) is 18.9 Å². The second-order valence-electron chi connectivity index (χ2n) is 3.15. The molecule has 6 nitrogen and oxygen atoms in total. The Morgan fingerprint density at radius 2 is 2.39 bits per heavy atom. The van der Waals surface area contributed by atoms with Gasteiger partial charge in [0.1, 0.15) is 17.0 Å². The van der Waals surface area contributed by atoms with Crippen LogP contribution in [0.25, 0.3) is 0 Å². The lowest BCUT2D eigenvalue weighted by molar-refractivity contribution is -0.0498. The van der Waals surface area contributed by atoms with Gasteiger partial charge in [-0.25, -0.2) is 4.68 Å². The van der Waals surface area contributed by atoms with Gasteiger partial charge in [0, 0.05) is 7.05 Å². The first-order valence-electron chi connectivity index (χ1n) is 4.75. The third-order valence-corrected chi connectivity index (χ3v) is 2.88. The molecule has 2 rings (SSSR count). The zero-order valence-corrected chi connectivity index (χ0v) is 9.95. The second kappa shape index (κ2) is 5.08. The van der Waals surface area contributed by atoms with Crippen molar-refractivity contribution >= 4 is 23.2 Å². The molecule has 2 aromatic heterocycles. The van der Waals surface area contributed by atoms with Crippen molar-refractivity contribution in [3.05, 3.63) is 22.7 Å². The van der Waals surface area contributed by atoms with Gasteiger partial charge in [0.25, 0.3) is 5.91 Å². The number of hydrogen-bond acceptors (Lipinski definition) is 5. The van der Waals surface area contributed by atoms with E-state index in [1.165, 1.54) is 22.5 Å². The maximum atomic E-state index is 12.1. The van der Waals surface area contributed by atoms with Crippen LogP contribution in [0.4, 0.5) is 14.7 Å². The Morgan fingerprint density at radius 3 is 3.00 bits per heavy atom. The predicted molar refractivity (Wildman–Crippen MR) is 59.9 cm³/mol. The summed E-state index contributed by atoms with van der Waals surface area (Å²) in [5, 5.41) is 7.70. The fraction of sp³-hybridized carbons (Fsp3) is 0.222. The van der Waals surface area contributed by atoms with E-state index in [0.717, 1.165) is 11.3 Å². The van der Waals surface area contributed by atoms with Gasteiger partial charge in [0.15, 0.2) is 0 Å². The number of carbonyl (C=O) groups is 1. The minimum absolute atomic E-state index is 0.0540. The van der Waals surface area contributed by atoms with E-state index >= 15 is 0 Å². The van der Waals surface area contributed by atoms with Crippen LogP contribution >= 0.6 is 11.3 Å². The number of hydrogen-bond donors (Lipinski definition) is 1. The van der Waals surface area contributed by atoms with Crippen LogP contribution in [0.15, 0.2) is 17.8 Å². The molecule has 1 amide bonds. The molecule has 0 unspecified atom stereocenters. The topological polar surface area (TPSA) is 69.0 Å². The van der Waals surface area contributed by atoms with Crippen molar-refractivity contribution < 1.29 is 18.3 Å². The number of ether oxygens (including phenoxy) is 1. The molecule has 96 valence electrons. The zero-order chi connectivity index (χ0) is 13.1. The van der Waals surface area contributed by atoms with Gasteiger partial charge in [-0.1, -0.05) is 0 Å². The van der Waals surface area contributed by atoms with E-state index < -0.39 is 12.5 Å². The third kappa shape index (κ3) is 2.62. The molecule has 0 aromatic carbocycles. The first-order valence-corrected chi connectivity index (χ1v) is 5.63. The van der Waals surface area contributed by atoms with Crippen LogP contribution in [0, 0.1) is 0 Å². The summed E-state index contributed by atoms with van der Waals surface area (Å²) in [4.78, 5) is 15.7. The molecule has 0 bridgehead atoms. The van der Waals surface area contributed by atoms with E-state index in [1.807, 2.05) is 0 Å². The zero-order valence-electron chi connectivity index (χ0n) is 9.13.